The molecular formula is C17H22N4O4. The molecule has 0 saturated heterocycles. The molecule has 0 saturated carbocycles. The second-order valence-corrected chi connectivity index (χ2v) is 5.38. The third-order valence-corrected chi connectivity index (χ3v) is 3.52. The summed E-state index contributed by atoms with van der Waals surface area (Å²) in [6, 6.07) is 9.32. The minimum Gasteiger partial charge on any atom is -0.445 e. The van der Waals surface area contributed by atoms with Crippen LogP contribution in [0.25, 0.3) is 0 Å². The van der Waals surface area contributed by atoms with Crippen molar-refractivity contribution in [2.45, 2.75) is 25.2 Å². The molecule has 1 heterocycles. The van der Waals surface area contributed by atoms with E-state index in [4.69, 9.17) is 4.74 Å². The zero-order valence-corrected chi connectivity index (χ0v) is 13.9. The molecule has 2 aromatic rings. The monoisotopic (exact) mass is 346 g/mol. The van der Waals surface area contributed by atoms with E-state index in [0.717, 1.165) is 5.56 Å². The fraction of sp³-hybridized carbons (Fsp3) is 0.353. The first-order chi connectivity index (χ1) is 12.1. The molecule has 0 bridgehead atoms. The van der Waals surface area contributed by atoms with E-state index in [0.29, 0.717) is 11.5 Å². The lowest BCUT2D eigenvalue weighted by Gasteiger charge is -2.18. The lowest BCUT2D eigenvalue weighted by molar-refractivity contribution is 0.0132. The molecule has 1 aromatic carbocycles. The maximum absolute atomic E-state index is 11.6. The molecule has 0 radical (unpaired) electrons. The van der Waals surface area contributed by atoms with Gasteiger partial charge in [-0.2, -0.15) is 0 Å². The van der Waals surface area contributed by atoms with E-state index in [1.807, 2.05) is 30.3 Å². The first-order valence-corrected chi connectivity index (χ1v) is 7.90. The second-order valence-electron chi connectivity index (χ2n) is 5.38. The summed E-state index contributed by atoms with van der Waals surface area (Å²) in [5.74, 6) is 0.424. The van der Waals surface area contributed by atoms with Gasteiger partial charge in [0.15, 0.2) is 0 Å². The molecular weight excluding hydrogens is 324 g/mol. The third-order valence-electron chi connectivity index (χ3n) is 3.52. The molecule has 2 rings (SSSR count). The van der Waals surface area contributed by atoms with Gasteiger partial charge in [-0.25, -0.2) is 14.8 Å². The average molecular weight is 346 g/mol. The molecule has 25 heavy (non-hydrogen) atoms. The minimum absolute atomic E-state index is 0.162. The van der Waals surface area contributed by atoms with Gasteiger partial charge in [0.05, 0.1) is 6.10 Å². The number of aliphatic hydroxyl groups is 2. The van der Waals surface area contributed by atoms with Gasteiger partial charge in [0.25, 0.3) is 0 Å². The molecule has 1 aromatic heterocycles. The van der Waals surface area contributed by atoms with E-state index >= 15 is 0 Å². The third kappa shape index (κ3) is 6.02. The number of nitrogens with one attached hydrogen (secondary N) is 2. The van der Waals surface area contributed by atoms with Crippen LogP contribution in [-0.2, 0) is 11.3 Å². The van der Waals surface area contributed by atoms with E-state index in [2.05, 4.69) is 20.6 Å². The number of nitrogens with zero attached hydrogens (tertiary/aromatic N) is 2. The largest absolute Gasteiger partial charge is 0.445 e. The Labute approximate surface area is 145 Å². The number of rotatable bonds is 8. The molecule has 2 unspecified atom stereocenters. The van der Waals surface area contributed by atoms with Crippen molar-refractivity contribution in [3.8, 4) is 0 Å². The summed E-state index contributed by atoms with van der Waals surface area (Å²) in [4.78, 5) is 19.6. The molecule has 8 heteroatoms. The number of hydrogen-bond acceptors (Lipinski definition) is 7. The summed E-state index contributed by atoms with van der Waals surface area (Å²) in [6.07, 6.45) is 0.275. The summed E-state index contributed by atoms with van der Waals surface area (Å²) in [7, 11) is 1.68. The summed E-state index contributed by atoms with van der Waals surface area (Å²) in [6.45, 7) is 0.342. The lowest BCUT2D eigenvalue weighted by atomic mass is 10.1. The Morgan fingerprint density at radius 3 is 2.52 bits per heavy atom. The fourth-order valence-corrected chi connectivity index (χ4v) is 2.10. The molecule has 2 atom stereocenters. The maximum atomic E-state index is 11.6. The van der Waals surface area contributed by atoms with Crippen molar-refractivity contribution >= 4 is 12.0 Å². The normalized spacial score (nSPS) is 12.9. The van der Waals surface area contributed by atoms with Crippen LogP contribution in [0, 0.1) is 0 Å². The van der Waals surface area contributed by atoms with E-state index in [1.165, 1.54) is 12.4 Å². The first-order valence-electron chi connectivity index (χ1n) is 7.90. The van der Waals surface area contributed by atoms with Gasteiger partial charge >= 0.3 is 6.09 Å². The Morgan fingerprint density at radius 1 is 1.20 bits per heavy atom. The predicted octanol–water partition coefficient (Wildman–Crippen LogP) is 1.23. The Balaban J connectivity index is 1.69. The fourth-order valence-electron chi connectivity index (χ4n) is 2.10. The Bertz CT molecular complexity index is 651. The van der Waals surface area contributed by atoms with Crippen molar-refractivity contribution in [2.24, 2.45) is 0 Å². The number of ether oxygens (including phenoxy) is 1. The average Bonchev–Trinajstić information content (AvgIpc) is 2.66. The Morgan fingerprint density at radius 2 is 1.88 bits per heavy atom. The van der Waals surface area contributed by atoms with Crippen LogP contribution in [0.1, 0.15) is 23.7 Å². The molecule has 4 N–H and O–H groups in total. The van der Waals surface area contributed by atoms with Crippen molar-refractivity contribution in [3.63, 3.8) is 0 Å². The summed E-state index contributed by atoms with van der Waals surface area (Å²) in [5, 5.41) is 25.4. The van der Waals surface area contributed by atoms with Gasteiger partial charge < -0.3 is 25.6 Å². The number of aromatic nitrogens is 2. The van der Waals surface area contributed by atoms with Crippen LogP contribution in [0.5, 0.6) is 0 Å². The van der Waals surface area contributed by atoms with E-state index < -0.39 is 18.3 Å². The number of alkyl carbamates (subject to hydrolysis) is 1. The van der Waals surface area contributed by atoms with Crippen LogP contribution < -0.4 is 10.6 Å². The summed E-state index contributed by atoms with van der Waals surface area (Å²) < 4.78 is 5.06. The van der Waals surface area contributed by atoms with E-state index in [1.54, 1.807) is 7.05 Å². The van der Waals surface area contributed by atoms with Gasteiger partial charge in [-0.1, -0.05) is 30.3 Å². The van der Waals surface area contributed by atoms with Crippen molar-refractivity contribution in [3.05, 3.63) is 53.9 Å². The molecule has 1 amide bonds. The summed E-state index contributed by atoms with van der Waals surface area (Å²) >= 11 is 0. The summed E-state index contributed by atoms with van der Waals surface area (Å²) in [5.41, 5.74) is 1.29. The van der Waals surface area contributed by atoms with Crippen LogP contribution in [0.2, 0.25) is 0 Å². The zero-order valence-electron chi connectivity index (χ0n) is 13.9. The number of hydrogen-bond donors (Lipinski definition) is 4. The second kappa shape index (κ2) is 9.55. The van der Waals surface area contributed by atoms with Crippen LogP contribution in [-0.4, -0.2) is 46.0 Å². The Kier molecular flexibility index (Phi) is 7.12. The van der Waals surface area contributed by atoms with Gasteiger partial charge in [-0.15, -0.1) is 0 Å². The standard InChI is InChI=1S/C17H22N4O4/c1-18-16-20-9-13(10-21-16)15(23)14(22)7-8-19-17(24)25-11-12-5-3-2-4-6-12/h2-6,9-10,14-15,22-23H,7-8,11H2,1H3,(H,19,24)(H,18,20,21). The van der Waals surface area contributed by atoms with Gasteiger partial charge in [-0.05, 0) is 12.0 Å². The van der Waals surface area contributed by atoms with Crippen LogP contribution in [0.4, 0.5) is 10.7 Å². The smallest absolute Gasteiger partial charge is 0.407 e. The zero-order chi connectivity index (χ0) is 18.1. The topological polar surface area (TPSA) is 117 Å². The van der Waals surface area contributed by atoms with Gasteiger partial charge in [0.2, 0.25) is 5.95 Å². The van der Waals surface area contributed by atoms with Crippen LogP contribution >= 0.6 is 0 Å². The van der Waals surface area contributed by atoms with E-state index in [9.17, 15) is 15.0 Å². The quantitative estimate of drug-likeness (QED) is 0.568. The molecule has 0 aliphatic carbocycles. The highest BCUT2D eigenvalue weighted by Crippen LogP contribution is 2.17. The molecule has 0 fully saturated rings. The minimum atomic E-state index is -1.13. The first kappa shape index (κ1) is 18.6. The van der Waals surface area contributed by atoms with Gasteiger partial charge in [-0.3, -0.25) is 0 Å². The number of amides is 1. The highest BCUT2D eigenvalue weighted by Gasteiger charge is 2.19. The predicted molar refractivity (Wildman–Crippen MR) is 91.8 cm³/mol. The Hall–Kier alpha value is -2.71. The van der Waals surface area contributed by atoms with Crippen LogP contribution in [0.3, 0.4) is 0 Å². The number of anilines is 1. The van der Waals surface area contributed by atoms with Crippen molar-refractivity contribution in [1.29, 1.82) is 0 Å². The maximum Gasteiger partial charge on any atom is 0.407 e. The van der Waals surface area contributed by atoms with Crippen molar-refractivity contribution in [2.75, 3.05) is 18.9 Å². The van der Waals surface area contributed by atoms with E-state index in [-0.39, 0.29) is 19.6 Å². The molecule has 0 aliphatic rings. The van der Waals surface area contributed by atoms with Gasteiger partial charge in [0, 0.05) is 31.5 Å². The number of aliphatic hydroxyl groups excluding tert-OH is 2. The number of carbonyl (C=O) groups is 1. The molecule has 134 valence electrons. The van der Waals surface area contributed by atoms with Crippen molar-refractivity contribution in [1.82, 2.24) is 15.3 Å². The molecule has 0 aliphatic heterocycles. The van der Waals surface area contributed by atoms with Gasteiger partial charge in [0.1, 0.15) is 12.7 Å². The molecule has 8 nitrogen and oxygen atoms in total. The highest BCUT2D eigenvalue weighted by atomic mass is 16.5. The lowest BCUT2D eigenvalue weighted by Crippen LogP contribution is -2.29. The van der Waals surface area contributed by atoms with Crippen LogP contribution in [0.15, 0.2) is 42.7 Å². The number of carbonyl (C=O) groups excluding carboxylic acids is 1. The number of benzene rings is 1. The SMILES string of the molecule is CNc1ncc(C(O)C(O)CCNC(=O)OCc2ccccc2)cn1. The highest BCUT2D eigenvalue weighted by molar-refractivity contribution is 5.67. The van der Waals surface area contributed by atoms with Crippen molar-refractivity contribution < 1.29 is 19.7 Å². The molecule has 0 spiro atoms.